The van der Waals surface area contributed by atoms with Gasteiger partial charge in [-0.05, 0) is 25.5 Å². The van der Waals surface area contributed by atoms with Crippen LogP contribution in [0.5, 0.6) is 5.88 Å². The van der Waals surface area contributed by atoms with Crippen LogP contribution >= 0.6 is 11.3 Å². The maximum absolute atomic E-state index is 9.46. The molecule has 0 aromatic carbocycles. The zero-order chi connectivity index (χ0) is 15.0. The van der Waals surface area contributed by atoms with Crippen LogP contribution in [-0.4, -0.2) is 10.2 Å². The summed E-state index contributed by atoms with van der Waals surface area (Å²) in [6.45, 7) is 4.09. The Morgan fingerprint density at radius 1 is 1.52 bits per heavy atom. The molecule has 0 amide bonds. The van der Waals surface area contributed by atoms with Gasteiger partial charge in [-0.3, -0.25) is 5.10 Å². The largest absolute Gasteiger partial charge is 0.420 e. The number of ether oxygens (including phenoxy) is 1. The van der Waals surface area contributed by atoms with Crippen molar-refractivity contribution >= 4 is 11.3 Å². The lowest BCUT2D eigenvalue weighted by molar-refractivity contribution is 0.379. The van der Waals surface area contributed by atoms with Gasteiger partial charge in [0, 0.05) is 15.4 Å². The summed E-state index contributed by atoms with van der Waals surface area (Å²) in [5.74, 6) is 0.430. The number of thiophene rings is 1. The third kappa shape index (κ3) is 2.20. The van der Waals surface area contributed by atoms with Crippen LogP contribution in [0.3, 0.4) is 0 Å². The van der Waals surface area contributed by atoms with Crippen molar-refractivity contribution in [1.29, 1.82) is 5.26 Å². The molecule has 1 aliphatic heterocycles. The van der Waals surface area contributed by atoms with Crippen molar-refractivity contribution in [3.63, 3.8) is 0 Å². The number of hydrogen-bond acceptors (Lipinski definition) is 5. The summed E-state index contributed by atoms with van der Waals surface area (Å²) in [5, 5.41) is 16.5. The van der Waals surface area contributed by atoms with Gasteiger partial charge in [-0.25, -0.2) is 0 Å². The van der Waals surface area contributed by atoms with E-state index in [1.54, 1.807) is 11.3 Å². The zero-order valence-corrected chi connectivity index (χ0v) is 12.8. The molecule has 108 valence electrons. The number of nitrogens with one attached hydrogen (secondary N) is 1. The van der Waals surface area contributed by atoms with Crippen LogP contribution in [0.4, 0.5) is 0 Å². The monoisotopic (exact) mass is 300 g/mol. The minimum absolute atomic E-state index is 0.145. The number of nitrogens with zero attached hydrogens (tertiary/aromatic N) is 2. The summed E-state index contributed by atoms with van der Waals surface area (Å²) in [6.07, 6.45) is 2.15. The van der Waals surface area contributed by atoms with Gasteiger partial charge in [0.1, 0.15) is 11.6 Å². The van der Waals surface area contributed by atoms with Crippen LogP contribution < -0.4 is 10.5 Å². The molecule has 6 heteroatoms. The van der Waals surface area contributed by atoms with Gasteiger partial charge in [-0.1, -0.05) is 13.3 Å². The molecule has 0 fully saturated rings. The first kappa shape index (κ1) is 13.7. The second-order valence-corrected chi connectivity index (χ2v) is 6.25. The molecule has 1 aliphatic rings. The van der Waals surface area contributed by atoms with Crippen molar-refractivity contribution in [2.24, 2.45) is 5.73 Å². The minimum atomic E-state index is -0.187. The highest BCUT2D eigenvalue weighted by Gasteiger charge is 2.34. The smallest absolute Gasteiger partial charge is 0.244 e. The van der Waals surface area contributed by atoms with Gasteiger partial charge in [0.25, 0.3) is 0 Å². The Labute approximate surface area is 127 Å². The Balaban J connectivity index is 2.13. The predicted octanol–water partition coefficient (Wildman–Crippen LogP) is 2.95. The lowest BCUT2D eigenvalue weighted by Crippen LogP contribution is -2.20. The Morgan fingerprint density at radius 2 is 2.33 bits per heavy atom. The van der Waals surface area contributed by atoms with E-state index in [2.05, 4.69) is 35.3 Å². The van der Waals surface area contributed by atoms with Gasteiger partial charge < -0.3 is 10.5 Å². The molecule has 0 unspecified atom stereocenters. The normalized spacial score (nSPS) is 17.3. The average molecular weight is 300 g/mol. The Morgan fingerprint density at radius 3 is 3.05 bits per heavy atom. The molecule has 0 bridgehead atoms. The first-order valence-corrected chi connectivity index (χ1v) is 7.68. The van der Waals surface area contributed by atoms with E-state index in [-0.39, 0.29) is 11.8 Å². The molecule has 1 atom stereocenters. The Bertz CT molecular complexity index is 750. The van der Waals surface area contributed by atoms with Crippen LogP contribution in [0.1, 0.15) is 40.3 Å². The maximum atomic E-state index is 9.46. The third-order valence-electron chi connectivity index (χ3n) is 3.59. The van der Waals surface area contributed by atoms with Crippen LogP contribution in [0, 0.1) is 18.3 Å². The van der Waals surface area contributed by atoms with E-state index in [9.17, 15) is 5.26 Å². The number of fused-ring (bicyclic) bond motifs is 1. The number of rotatable bonds is 3. The third-order valence-corrected chi connectivity index (χ3v) is 4.80. The number of aromatic amines is 1. The molecule has 3 N–H and O–H groups in total. The van der Waals surface area contributed by atoms with E-state index < -0.39 is 0 Å². The van der Waals surface area contributed by atoms with Crippen LogP contribution in [0.15, 0.2) is 23.6 Å². The van der Waals surface area contributed by atoms with Crippen LogP contribution in [-0.2, 0) is 6.42 Å². The molecule has 3 heterocycles. The summed E-state index contributed by atoms with van der Waals surface area (Å²) in [6, 6.07) is 6.40. The van der Waals surface area contributed by atoms with E-state index in [1.807, 2.05) is 6.92 Å². The summed E-state index contributed by atoms with van der Waals surface area (Å²) in [7, 11) is 0. The molecule has 0 saturated carbocycles. The Kier molecular flexibility index (Phi) is 3.43. The molecule has 3 rings (SSSR count). The number of aromatic nitrogens is 2. The van der Waals surface area contributed by atoms with E-state index in [0.717, 1.165) is 29.0 Å². The highest BCUT2D eigenvalue weighted by atomic mass is 32.1. The van der Waals surface area contributed by atoms with Gasteiger partial charge in [0.05, 0.1) is 11.5 Å². The molecule has 0 spiro atoms. The lowest BCUT2D eigenvalue weighted by Gasteiger charge is -2.22. The highest BCUT2D eigenvalue weighted by molar-refractivity contribution is 7.12. The molecular weight excluding hydrogens is 284 g/mol. The first-order valence-electron chi connectivity index (χ1n) is 6.86. The minimum Gasteiger partial charge on any atom is -0.420 e. The van der Waals surface area contributed by atoms with E-state index in [0.29, 0.717) is 11.5 Å². The van der Waals surface area contributed by atoms with E-state index in [1.165, 1.54) is 4.88 Å². The highest BCUT2D eigenvalue weighted by Crippen LogP contribution is 2.44. The second kappa shape index (κ2) is 5.26. The molecule has 0 aliphatic carbocycles. The van der Waals surface area contributed by atoms with Gasteiger partial charge >= 0.3 is 0 Å². The summed E-state index contributed by atoms with van der Waals surface area (Å²) in [4.78, 5) is 2.42. The molecule has 2 aromatic heterocycles. The van der Waals surface area contributed by atoms with Crippen molar-refractivity contribution in [1.82, 2.24) is 10.2 Å². The molecule has 0 saturated heterocycles. The number of aryl methyl sites for hydroxylation is 2. The van der Waals surface area contributed by atoms with Gasteiger partial charge in [-0.2, -0.15) is 5.26 Å². The van der Waals surface area contributed by atoms with Gasteiger partial charge in [0.15, 0.2) is 0 Å². The average Bonchev–Trinajstić information content (AvgIpc) is 3.06. The fourth-order valence-corrected chi connectivity index (χ4v) is 3.85. The Hall–Kier alpha value is -2.26. The summed E-state index contributed by atoms with van der Waals surface area (Å²) >= 11 is 1.72. The summed E-state index contributed by atoms with van der Waals surface area (Å²) in [5.41, 5.74) is 8.16. The van der Waals surface area contributed by atoms with Crippen LogP contribution in [0.25, 0.3) is 0 Å². The summed E-state index contributed by atoms with van der Waals surface area (Å²) < 4.78 is 5.46. The van der Waals surface area contributed by atoms with Crippen LogP contribution in [0.2, 0.25) is 0 Å². The van der Waals surface area contributed by atoms with Gasteiger partial charge in [0.2, 0.25) is 11.8 Å². The molecular formula is C15H16N4OS. The topological polar surface area (TPSA) is 87.7 Å². The zero-order valence-electron chi connectivity index (χ0n) is 11.9. The van der Waals surface area contributed by atoms with E-state index >= 15 is 0 Å². The second-order valence-electron chi connectivity index (χ2n) is 5.05. The fraction of sp³-hybridized carbons (Fsp3) is 0.333. The predicted molar refractivity (Wildman–Crippen MR) is 80.9 cm³/mol. The van der Waals surface area contributed by atoms with Crippen molar-refractivity contribution in [2.45, 2.75) is 32.6 Å². The van der Waals surface area contributed by atoms with Crippen molar-refractivity contribution < 1.29 is 4.74 Å². The number of hydrogen-bond donors (Lipinski definition) is 2. The van der Waals surface area contributed by atoms with Crippen molar-refractivity contribution in [3.8, 4) is 11.9 Å². The lowest BCUT2D eigenvalue weighted by atomic mass is 9.89. The standard InChI is InChI=1S/C15H16N4OS/c1-3-4-9-5-6-11(21-9)13-10(7-16)14(17)20-15-12(13)8(2)18-19-15/h5-6,13H,3-4,17H2,1-2H3,(H,18,19)/t13-/m0/s1. The SMILES string of the molecule is CCCc1ccc([C@@H]2C(C#N)=C(N)Oc3n[nH]c(C)c32)s1. The molecule has 0 radical (unpaired) electrons. The fourth-order valence-electron chi connectivity index (χ4n) is 2.61. The van der Waals surface area contributed by atoms with Crippen molar-refractivity contribution in [3.05, 3.63) is 44.6 Å². The quantitative estimate of drug-likeness (QED) is 0.912. The van der Waals surface area contributed by atoms with E-state index in [4.69, 9.17) is 10.5 Å². The van der Waals surface area contributed by atoms with Gasteiger partial charge in [-0.15, -0.1) is 16.4 Å². The first-order chi connectivity index (χ1) is 10.2. The maximum Gasteiger partial charge on any atom is 0.244 e. The number of allylic oxidation sites excluding steroid dienone is 1. The molecule has 21 heavy (non-hydrogen) atoms. The van der Waals surface area contributed by atoms with Crippen molar-refractivity contribution in [2.75, 3.05) is 0 Å². The molecule has 2 aromatic rings. The number of H-pyrrole nitrogens is 1. The number of nitrogens with two attached hydrogens (primary N) is 1. The number of nitriles is 1. The molecule has 5 nitrogen and oxygen atoms in total.